The summed E-state index contributed by atoms with van der Waals surface area (Å²) < 4.78 is 0. The highest BCUT2D eigenvalue weighted by Gasteiger charge is 2.36. The predicted octanol–water partition coefficient (Wildman–Crippen LogP) is 0.156. The molecule has 19 heavy (non-hydrogen) atoms. The van der Waals surface area contributed by atoms with Gasteiger partial charge in [-0.1, -0.05) is 11.6 Å². The number of carbonyl (C=O) groups excluding carboxylic acids is 2. The summed E-state index contributed by atoms with van der Waals surface area (Å²) in [6.07, 6.45) is 2.01. The van der Waals surface area contributed by atoms with Crippen LogP contribution in [0.5, 0.6) is 0 Å². The minimum absolute atomic E-state index is 0.0269. The van der Waals surface area contributed by atoms with E-state index in [1.807, 2.05) is 4.90 Å². The molecule has 0 saturated carbocycles. The molecular weight excluding hydrogens is 270 g/mol. The first kappa shape index (κ1) is 12.2. The van der Waals surface area contributed by atoms with Crippen molar-refractivity contribution in [3.05, 3.63) is 17.0 Å². The van der Waals surface area contributed by atoms with Crippen molar-refractivity contribution < 1.29 is 9.59 Å². The molecule has 1 unspecified atom stereocenters. The van der Waals surface area contributed by atoms with Crippen molar-refractivity contribution >= 4 is 29.7 Å². The molecule has 0 bridgehead atoms. The van der Waals surface area contributed by atoms with Crippen molar-refractivity contribution in [1.29, 1.82) is 0 Å². The maximum Gasteiger partial charge on any atom is 0.317 e. The zero-order valence-corrected chi connectivity index (χ0v) is 10.8. The van der Waals surface area contributed by atoms with Crippen LogP contribution in [0.1, 0.15) is 10.4 Å². The van der Waals surface area contributed by atoms with Gasteiger partial charge < -0.3 is 15.1 Å². The van der Waals surface area contributed by atoms with Gasteiger partial charge in [0, 0.05) is 26.2 Å². The lowest BCUT2D eigenvalue weighted by molar-refractivity contribution is 0.112. The van der Waals surface area contributed by atoms with Gasteiger partial charge in [0.1, 0.15) is 17.3 Å². The van der Waals surface area contributed by atoms with Gasteiger partial charge in [-0.15, -0.1) is 0 Å². The van der Waals surface area contributed by atoms with Gasteiger partial charge in [-0.05, 0) is 0 Å². The van der Waals surface area contributed by atoms with Crippen LogP contribution in [-0.4, -0.2) is 59.4 Å². The van der Waals surface area contributed by atoms with Crippen LogP contribution in [0, 0.1) is 0 Å². The number of anilines is 1. The van der Waals surface area contributed by atoms with E-state index < -0.39 is 0 Å². The zero-order chi connectivity index (χ0) is 13.4. The van der Waals surface area contributed by atoms with Crippen LogP contribution in [0.4, 0.5) is 10.6 Å². The number of piperazine rings is 1. The SMILES string of the molecule is O=Cc1c(Cl)ncnc1N1CCN2C(=O)NCC2C1. The van der Waals surface area contributed by atoms with Gasteiger partial charge in [-0.25, -0.2) is 14.8 Å². The van der Waals surface area contributed by atoms with E-state index in [1.165, 1.54) is 6.33 Å². The van der Waals surface area contributed by atoms with Crippen LogP contribution in [0.15, 0.2) is 6.33 Å². The molecule has 1 aromatic rings. The summed E-state index contributed by atoms with van der Waals surface area (Å²) in [6, 6.07) is 0.0791. The lowest BCUT2D eigenvalue weighted by Crippen LogP contribution is -2.52. The third-order valence-electron chi connectivity index (χ3n) is 3.46. The van der Waals surface area contributed by atoms with Crippen molar-refractivity contribution in [1.82, 2.24) is 20.2 Å². The van der Waals surface area contributed by atoms with E-state index in [4.69, 9.17) is 11.6 Å². The summed E-state index contributed by atoms with van der Waals surface area (Å²) in [4.78, 5) is 34.3. The average molecular weight is 282 g/mol. The third-order valence-corrected chi connectivity index (χ3v) is 3.77. The molecule has 100 valence electrons. The Bertz CT molecular complexity index is 538. The van der Waals surface area contributed by atoms with E-state index in [1.54, 1.807) is 4.90 Å². The number of rotatable bonds is 2. The monoisotopic (exact) mass is 281 g/mol. The Morgan fingerprint density at radius 2 is 2.26 bits per heavy atom. The lowest BCUT2D eigenvalue weighted by Gasteiger charge is -2.37. The number of nitrogens with one attached hydrogen (secondary N) is 1. The van der Waals surface area contributed by atoms with E-state index in [9.17, 15) is 9.59 Å². The Balaban J connectivity index is 1.86. The number of halogens is 1. The number of aldehydes is 1. The second kappa shape index (κ2) is 4.65. The first-order valence-corrected chi connectivity index (χ1v) is 6.33. The zero-order valence-electron chi connectivity index (χ0n) is 10.0. The van der Waals surface area contributed by atoms with Crippen LogP contribution in [0.25, 0.3) is 0 Å². The fourth-order valence-corrected chi connectivity index (χ4v) is 2.69. The predicted molar refractivity (Wildman–Crippen MR) is 68.5 cm³/mol. The first-order chi connectivity index (χ1) is 9.20. The van der Waals surface area contributed by atoms with Crippen molar-refractivity contribution in [3.8, 4) is 0 Å². The van der Waals surface area contributed by atoms with Gasteiger partial charge in [0.25, 0.3) is 0 Å². The van der Waals surface area contributed by atoms with Gasteiger partial charge in [0.15, 0.2) is 6.29 Å². The quantitative estimate of drug-likeness (QED) is 0.617. The lowest BCUT2D eigenvalue weighted by atomic mass is 10.2. The summed E-state index contributed by atoms with van der Waals surface area (Å²) in [5.41, 5.74) is 0.301. The fourth-order valence-electron chi connectivity index (χ4n) is 2.52. The van der Waals surface area contributed by atoms with E-state index in [0.29, 0.717) is 43.8 Å². The minimum atomic E-state index is -0.0269. The normalized spacial score (nSPS) is 22.2. The highest BCUT2D eigenvalue weighted by Crippen LogP contribution is 2.24. The molecule has 8 heteroatoms. The second-order valence-corrected chi connectivity index (χ2v) is 4.86. The minimum Gasteiger partial charge on any atom is -0.352 e. The molecule has 0 aromatic carbocycles. The highest BCUT2D eigenvalue weighted by molar-refractivity contribution is 6.32. The van der Waals surface area contributed by atoms with Gasteiger partial charge in [-0.3, -0.25) is 4.79 Å². The van der Waals surface area contributed by atoms with E-state index >= 15 is 0 Å². The number of nitrogens with zero attached hydrogens (tertiary/aromatic N) is 4. The number of hydrogen-bond acceptors (Lipinski definition) is 5. The Labute approximate surface area is 114 Å². The molecule has 3 rings (SSSR count). The van der Waals surface area contributed by atoms with Crippen molar-refractivity contribution in [2.45, 2.75) is 6.04 Å². The summed E-state index contributed by atoms with van der Waals surface area (Å²) in [5, 5.41) is 2.96. The Morgan fingerprint density at radius 1 is 1.42 bits per heavy atom. The largest absolute Gasteiger partial charge is 0.352 e. The Kier molecular flexibility index (Phi) is 2.98. The Morgan fingerprint density at radius 3 is 3.05 bits per heavy atom. The summed E-state index contributed by atoms with van der Waals surface area (Å²) in [6.45, 7) is 2.48. The highest BCUT2D eigenvalue weighted by atomic mass is 35.5. The number of fused-ring (bicyclic) bond motifs is 1. The molecule has 1 atom stereocenters. The molecule has 0 radical (unpaired) electrons. The van der Waals surface area contributed by atoms with Gasteiger partial charge in [-0.2, -0.15) is 0 Å². The summed E-state index contributed by atoms with van der Waals surface area (Å²) in [7, 11) is 0. The fraction of sp³-hybridized carbons (Fsp3) is 0.455. The topological polar surface area (TPSA) is 78.4 Å². The molecule has 2 amide bonds. The van der Waals surface area contributed by atoms with Crippen LogP contribution in [-0.2, 0) is 0 Å². The van der Waals surface area contributed by atoms with Gasteiger partial charge in [0.2, 0.25) is 0 Å². The second-order valence-electron chi connectivity index (χ2n) is 4.50. The molecule has 0 aliphatic carbocycles. The van der Waals surface area contributed by atoms with E-state index in [2.05, 4.69) is 15.3 Å². The van der Waals surface area contributed by atoms with Gasteiger partial charge >= 0.3 is 6.03 Å². The Hall–Kier alpha value is -1.89. The molecule has 2 aliphatic rings. The van der Waals surface area contributed by atoms with Crippen LogP contribution >= 0.6 is 11.6 Å². The molecule has 2 aliphatic heterocycles. The smallest absolute Gasteiger partial charge is 0.317 e. The van der Waals surface area contributed by atoms with Crippen LogP contribution in [0.2, 0.25) is 5.15 Å². The number of hydrogen-bond donors (Lipinski definition) is 1. The molecule has 7 nitrogen and oxygen atoms in total. The number of aromatic nitrogens is 2. The van der Waals surface area contributed by atoms with Gasteiger partial charge in [0.05, 0.1) is 11.6 Å². The van der Waals surface area contributed by atoms with E-state index in [0.717, 1.165) is 0 Å². The van der Waals surface area contributed by atoms with Crippen LogP contribution in [0.3, 0.4) is 0 Å². The average Bonchev–Trinajstić information content (AvgIpc) is 2.79. The van der Waals surface area contributed by atoms with Crippen molar-refractivity contribution in [2.75, 3.05) is 31.1 Å². The number of carbonyl (C=O) groups is 2. The molecular formula is C11H12ClN5O2. The molecule has 1 N–H and O–H groups in total. The number of amides is 2. The van der Waals surface area contributed by atoms with Crippen molar-refractivity contribution in [2.24, 2.45) is 0 Å². The molecule has 0 spiro atoms. The maximum atomic E-state index is 11.5. The first-order valence-electron chi connectivity index (χ1n) is 5.96. The van der Waals surface area contributed by atoms with E-state index in [-0.39, 0.29) is 17.2 Å². The standard InChI is InChI=1S/C11H12ClN5O2/c12-9-8(5-18)10(15-6-14-9)16-1-2-17-7(4-16)3-13-11(17)19/h5-7H,1-4H2,(H,13,19). The molecule has 2 fully saturated rings. The molecule has 2 saturated heterocycles. The summed E-state index contributed by atoms with van der Waals surface area (Å²) in [5.74, 6) is 0.536. The molecule has 3 heterocycles. The van der Waals surface area contributed by atoms with Crippen LogP contribution < -0.4 is 10.2 Å². The summed E-state index contributed by atoms with van der Waals surface area (Å²) >= 11 is 5.90. The number of urea groups is 1. The van der Waals surface area contributed by atoms with Crippen molar-refractivity contribution in [3.63, 3.8) is 0 Å². The molecule has 1 aromatic heterocycles. The third kappa shape index (κ3) is 1.99. The maximum absolute atomic E-state index is 11.5.